The Morgan fingerprint density at radius 3 is 2.57 bits per heavy atom. The maximum Gasteiger partial charge on any atom is 0.251 e. The average molecular weight is 309 g/mol. The molecule has 0 aromatic heterocycles. The fraction of sp³-hybridized carbons (Fsp3) is 0.562. The second-order valence-corrected chi connectivity index (χ2v) is 6.64. The van der Waals surface area contributed by atoms with Gasteiger partial charge in [0.25, 0.3) is 5.91 Å². The molecule has 0 saturated heterocycles. The van der Waals surface area contributed by atoms with Gasteiger partial charge >= 0.3 is 0 Å². The average Bonchev–Trinajstić information content (AvgIpc) is 2.48. The van der Waals surface area contributed by atoms with Crippen molar-refractivity contribution in [2.24, 2.45) is 5.92 Å². The van der Waals surface area contributed by atoms with Crippen molar-refractivity contribution in [2.75, 3.05) is 12.4 Å². The number of hydrogen-bond acceptors (Lipinski definition) is 4. The third-order valence-corrected chi connectivity index (χ3v) is 4.94. The van der Waals surface area contributed by atoms with E-state index in [9.17, 15) is 9.90 Å². The van der Waals surface area contributed by atoms with Crippen LogP contribution in [0.25, 0.3) is 0 Å². The molecule has 1 aromatic rings. The number of nitrogens with one attached hydrogen (secondary N) is 1. The summed E-state index contributed by atoms with van der Waals surface area (Å²) in [6.07, 6.45) is 2.27. The number of thioether (sulfide) groups is 1. The predicted molar refractivity (Wildman–Crippen MR) is 84.5 cm³/mol. The first-order valence-corrected chi connectivity index (χ1v) is 8.45. The highest BCUT2D eigenvalue weighted by atomic mass is 32.2. The van der Waals surface area contributed by atoms with Gasteiger partial charge in [-0.2, -0.15) is 0 Å². The first-order chi connectivity index (χ1) is 10.1. The van der Waals surface area contributed by atoms with E-state index in [0.29, 0.717) is 17.2 Å². The molecule has 1 aliphatic carbocycles. The van der Waals surface area contributed by atoms with Gasteiger partial charge in [-0.1, -0.05) is 6.92 Å². The van der Waals surface area contributed by atoms with Crippen LogP contribution in [0.3, 0.4) is 0 Å². The molecule has 0 bridgehead atoms. The highest BCUT2D eigenvalue weighted by molar-refractivity contribution is 7.99. The van der Waals surface area contributed by atoms with Crippen LogP contribution in [-0.2, 0) is 0 Å². The minimum atomic E-state index is -0.191. The molecule has 21 heavy (non-hydrogen) atoms. The summed E-state index contributed by atoms with van der Waals surface area (Å²) < 4.78 is 0. The van der Waals surface area contributed by atoms with E-state index in [1.807, 2.05) is 24.3 Å². The molecule has 1 saturated carbocycles. The number of carbonyl (C=O) groups is 1. The zero-order valence-corrected chi connectivity index (χ0v) is 13.1. The van der Waals surface area contributed by atoms with Gasteiger partial charge in [-0.05, 0) is 49.4 Å². The predicted octanol–water partition coefficient (Wildman–Crippen LogP) is 2.05. The first kappa shape index (κ1) is 16.3. The molecule has 0 aliphatic heterocycles. The molecule has 1 atom stereocenters. The van der Waals surface area contributed by atoms with Crippen LogP contribution >= 0.6 is 11.8 Å². The van der Waals surface area contributed by atoms with Crippen LogP contribution in [0.5, 0.6) is 0 Å². The second kappa shape index (κ2) is 7.82. The highest BCUT2D eigenvalue weighted by Gasteiger charge is 2.33. The van der Waals surface area contributed by atoms with Crippen LogP contribution in [0.4, 0.5) is 0 Å². The molecule has 0 radical (unpaired) electrons. The van der Waals surface area contributed by atoms with E-state index in [0.717, 1.165) is 24.2 Å². The second-order valence-electron chi connectivity index (χ2n) is 5.47. The number of benzene rings is 1. The molecule has 1 amide bonds. The molecular formula is C16H23NO3S. The summed E-state index contributed by atoms with van der Waals surface area (Å²) in [6, 6.07) is 7.59. The standard InChI is InChI=1S/C16H23NO3S/c1-2-15(12-9-13(19)10-12)17-16(20)11-3-5-14(6-4-11)21-8-7-18/h3-6,12-13,15,18-19H,2,7-10H2,1H3,(H,17,20)/t12?,13?,15-/m1/s1. The Balaban J connectivity index is 1.89. The lowest BCUT2D eigenvalue weighted by Crippen LogP contribution is -2.46. The smallest absolute Gasteiger partial charge is 0.251 e. The molecule has 2 rings (SSSR count). The Morgan fingerprint density at radius 1 is 1.38 bits per heavy atom. The lowest BCUT2D eigenvalue weighted by molar-refractivity contribution is 0.0232. The maximum atomic E-state index is 12.2. The van der Waals surface area contributed by atoms with E-state index in [-0.39, 0.29) is 24.7 Å². The molecule has 1 aliphatic rings. The zero-order chi connectivity index (χ0) is 15.2. The molecule has 4 nitrogen and oxygen atoms in total. The summed E-state index contributed by atoms with van der Waals surface area (Å²) in [5, 5.41) is 21.2. The molecule has 0 heterocycles. The molecule has 5 heteroatoms. The topological polar surface area (TPSA) is 69.6 Å². The van der Waals surface area contributed by atoms with Gasteiger partial charge in [0, 0.05) is 22.3 Å². The van der Waals surface area contributed by atoms with Crippen molar-refractivity contribution >= 4 is 17.7 Å². The summed E-state index contributed by atoms with van der Waals surface area (Å²) in [4.78, 5) is 13.3. The van der Waals surface area contributed by atoms with Gasteiger partial charge in [0.15, 0.2) is 0 Å². The highest BCUT2D eigenvalue weighted by Crippen LogP contribution is 2.31. The van der Waals surface area contributed by atoms with Gasteiger partial charge in [0.05, 0.1) is 12.7 Å². The Hall–Kier alpha value is -1.04. The van der Waals surface area contributed by atoms with Gasteiger partial charge in [-0.15, -0.1) is 11.8 Å². The van der Waals surface area contributed by atoms with Crippen LogP contribution in [0, 0.1) is 5.92 Å². The normalized spacial score (nSPS) is 22.4. The third-order valence-electron chi connectivity index (χ3n) is 3.95. The molecule has 3 N–H and O–H groups in total. The zero-order valence-electron chi connectivity index (χ0n) is 12.3. The Labute approximate surface area is 129 Å². The summed E-state index contributed by atoms with van der Waals surface area (Å²) in [6.45, 7) is 2.21. The molecule has 0 unspecified atom stereocenters. The first-order valence-electron chi connectivity index (χ1n) is 7.46. The summed E-state index contributed by atoms with van der Waals surface area (Å²) >= 11 is 1.57. The number of aliphatic hydroxyl groups is 2. The molecular weight excluding hydrogens is 286 g/mol. The quantitative estimate of drug-likeness (QED) is 0.674. The van der Waals surface area contributed by atoms with Gasteiger partial charge in [0.1, 0.15) is 0 Å². The van der Waals surface area contributed by atoms with E-state index in [4.69, 9.17) is 5.11 Å². The van der Waals surface area contributed by atoms with E-state index < -0.39 is 0 Å². The number of aliphatic hydroxyl groups excluding tert-OH is 2. The minimum Gasteiger partial charge on any atom is -0.396 e. The third kappa shape index (κ3) is 4.46. The van der Waals surface area contributed by atoms with Crippen molar-refractivity contribution in [2.45, 2.75) is 43.2 Å². The van der Waals surface area contributed by atoms with Crippen molar-refractivity contribution in [3.63, 3.8) is 0 Å². The lowest BCUT2D eigenvalue weighted by Gasteiger charge is -2.37. The summed E-state index contributed by atoms with van der Waals surface area (Å²) in [5.41, 5.74) is 0.654. The number of carbonyl (C=O) groups excluding carboxylic acids is 1. The van der Waals surface area contributed by atoms with Crippen LogP contribution in [0.1, 0.15) is 36.5 Å². The van der Waals surface area contributed by atoms with E-state index >= 15 is 0 Å². The minimum absolute atomic E-state index is 0.0538. The van der Waals surface area contributed by atoms with Crippen LogP contribution < -0.4 is 5.32 Å². The van der Waals surface area contributed by atoms with Crippen molar-refractivity contribution in [3.05, 3.63) is 29.8 Å². The fourth-order valence-corrected chi connectivity index (χ4v) is 3.28. The van der Waals surface area contributed by atoms with Crippen LogP contribution in [-0.4, -0.2) is 40.6 Å². The van der Waals surface area contributed by atoms with E-state index in [1.54, 1.807) is 11.8 Å². The monoisotopic (exact) mass is 309 g/mol. The summed E-state index contributed by atoms with van der Waals surface area (Å²) in [5.74, 6) is 1.00. The SMILES string of the molecule is CC[C@@H](NC(=O)c1ccc(SCCO)cc1)C1CC(O)C1. The van der Waals surface area contributed by atoms with Crippen LogP contribution in [0.2, 0.25) is 0 Å². The molecule has 0 spiro atoms. The van der Waals surface area contributed by atoms with Gasteiger partial charge < -0.3 is 15.5 Å². The molecule has 116 valence electrons. The number of amides is 1. The number of rotatable bonds is 7. The van der Waals surface area contributed by atoms with Gasteiger partial charge in [0.2, 0.25) is 0 Å². The van der Waals surface area contributed by atoms with Crippen molar-refractivity contribution in [1.82, 2.24) is 5.32 Å². The maximum absolute atomic E-state index is 12.2. The van der Waals surface area contributed by atoms with Gasteiger partial charge in [-0.25, -0.2) is 0 Å². The number of hydrogen-bond donors (Lipinski definition) is 3. The van der Waals surface area contributed by atoms with Gasteiger partial charge in [-0.3, -0.25) is 4.79 Å². The molecule has 1 fully saturated rings. The Kier molecular flexibility index (Phi) is 6.08. The largest absolute Gasteiger partial charge is 0.396 e. The fourth-order valence-electron chi connectivity index (χ4n) is 2.63. The summed E-state index contributed by atoms with van der Waals surface area (Å²) in [7, 11) is 0. The van der Waals surface area contributed by atoms with Crippen molar-refractivity contribution in [3.8, 4) is 0 Å². The van der Waals surface area contributed by atoms with Crippen LogP contribution in [0.15, 0.2) is 29.2 Å². The lowest BCUT2D eigenvalue weighted by atomic mass is 9.76. The van der Waals surface area contributed by atoms with E-state index in [1.165, 1.54) is 0 Å². The van der Waals surface area contributed by atoms with Crippen molar-refractivity contribution < 1.29 is 15.0 Å². The Morgan fingerprint density at radius 2 is 2.05 bits per heavy atom. The van der Waals surface area contributed by atoms with E-state index in [2.05, 4.69) is 12.2 Å². The molecule has 1 aromatic carbocycles. The van der Waals surface area contributed by atoms with Crippen molar-refractivity contribution in [1.29, 1.82) is 0 Å². The Bertz CT molecular complexity index is 457.